The highest BCUT2D eigenvalue weighted by Crippen LogP contribution is 2.13. The molecule has 0 fully saturated rings. The molecule has 0 radical (unpaired) electrons. The van der Waals surface area contributed by atoms with Crippen LogP contribution in [0.1, 0.15) is 5.56 Å². The number of hydrogen-bond donors (Lipinski definition) is 2. The molecule has 2 nitrogen and oxygen atoms in total. The van der Waals surface area contributed by atoms with Crippen LogP contribution in [0.25, 0.3) is 0 Å². The van der Waals surface area contributed by atoms with Gasteiger partial charge in [-0.1, -0.05) is 18.2 Å². The Hall–Kier alpha value is -1.16. The van der Waals surface area contributed by atoms with Crippen LogP contribution in [0, 0.1) is 0 Å². The van der Waals surface area contributed by atoms with Gasteiger partial charge in [0.15, 0.2) is 0 Å². The van der Waals surface area contributed by atoms with E-state index in [0.29, 0.717) is 6.54 Å². The molecule has 2 N–H and O–H groups in total. The normalized spacial score (nSPS) is 10.6. The Morgan fingerprint density at radius 2 is 2.00 bits per heavy atom. The van der Waals surface area contributed by atoms with Crippen molar-refractivity contribution in [3.8, 4) is 0 Å². The van der Waals surface area contributed by atoms with E-state index in [-0.39, 0.29) is 6.54 Å². The van der Waals surface area contributed by atoms with E-state index >= 15 is 0 Å². The summed E-state index contributed by atoms with van der Waals surface area (Å²) in [5.41, 5.74) is 1.96. The standard InChI is InChI=1S/C10H14F2N2/c1-13-9-5-3-2-4-8(9)6-14-7-10(11)12/h2-5,10,13-14H,6-7H2,1H3. The zero-order chi connectivity index (χ0) is 10.4. The molecule has 78 valence electrons. The second kappa shape index (κ2) is 5.54. The predicted molar refractivity (Wildman–Crippen MR) is 53.7 cm³/mol. The van der Waals surface area contributed by atoms with Crippen molar-refractivity contribution in [3.63, 3.8) is 0 Å². The lowest BCUT2D eigenvalue weighted by Crippen LogP contribution is -2.21. The average molecular weight is 200 g/mol. The van der Waals surface area contributed by atoms with Crippen molar-refractivity contribution in [3.05, 3.63) is 29.8 Å². The molecule has 0 aromatic heterocycles. The SMILES string of the molecule is CNc1ccccc1CNCC(F)F. The molecule has 0 amide bonds. The summed E-state index contributed by atoms with van der Waals surface area (Å²) in [6.45, 7) is 0.194. The third-order valence-electron chi connectivity index (χ3n) is 1.90. The second-order valence-electron chi connectivity index (χ2n) is 2.93. The molecule has 0 aliphatic rings. The van der Waals surface area contributed by atoms with Gasteiger partial charge in [0.25, 0.3) is 6.43 Å². The van der Waals surface area contributed by atoms with Gasteiger partial charge in [-0.25, -0.2) is 8.78 Å². The van der Waals surface area contributed by atoms with Crippen molar-refractivity contribution in [2.45, 2.75) is 13.0 Å². The summed E-state index contributed by atoms with van der Waals surface area (Å²) < 4.78 is 23.7. The van der Waals surface area contributed by atoms with Crippen LogP contribution in [0.4, 0.5) is 14.5 Å². The molecular formula is C10H14F2N2. The van der Waals surface area contributed by atoms with Crippen molar-refractivity contribution < 1.29 is 8.78 Å². The molecule has 0 heterocycles. The number of benzene rings is 1. The first kappa shape index (κ1) is 10.9. The minimum absolute atomic E-state index is 0.266. The first-order chi connectivity index (χ1) is 6.74. The Morgan fingerprint density at radius 3 is 2.64 bits per heavy atom. The van der Waals surface area contributed by atoms with E-state index in [1.54, 1.807) is 0 Å². The van der Waals surface area contributed by atoms with Gasteiger partial charge in [0, 0.05) is 19.3 Å². The van der Waals surface area contributed by atoms with E-state index < -0.39 is 6.43 Å². The molecule has 1 aromatic rings. The summed E-state index contributed by atoms with van der Waals surface area (Å²) >= 11 is 0. The number of halogens is 2. The molecule has 0 aliphatic carbocycles. The summed E-state index contributed by atoms with van der Waals surface area (Å²) in [5.74, 6) is 0. The van der Waals surface area contributed by atoms with E-state index in [1.165, 1.54) is 0 Å². The Morgan fingerprint density at radius 1 is 1.29 bits per heavy atom. The Balaban J connectivity index is 2.49. The summed E-state index contributed by atoms with van der Waals surface area (Å²) in [6, 6.07) is 7.62. The third-order valence-corrected chi connectivity index (χ3v) is 1.90. The molecule has 4 heteroatoms. The molecule has 0 saturated heterocycles. The smallest absolute Gasteiger partial charge is 0.250 e. The minimum Gasteiger partial charge on any atom is -0.388 e. The lowest BCUT2D eigenvalue weighted by Gasteiger charge is -2.09. The van der Waals surface area contributed by atoms with Crippen molar-refractivity contribution in [2.24, 2.45) is 0 Å². The van der Waals surface area contributed by atoms with Gasteiger partial charge < -0.3 is 10.6 Å². The molecule has 14 heavy (non-hydrogen) atoms. The highest BCUT2D eigenvalue weighted by molar-refractivity contribution is 5.50. The number of rotatable bonds is 5. The monoisotopic (exact) mass is 200 g/mol. The summed E-state index contributed by atoms with van der Waals surface area (Å²) in [5, 5.41) is 5.69. The molecule has 1 aromatic carbocycles. The fraction of sp³-hybridized carbons (Fsp3) is 0.400. The maximum absolute atomic E-state index is 11.8. The van der Waals surface area contributed by atoms with Crippen LogP contribution in [0.2, 0.25) is 0 Å². The van der Waals surface area contributed by atoms with E-state index in [4.69, 9.17) is 0 Å². The van der Waals surface area contributed by atoms with Crippen LogP contribution in [0.15, 0.2) is 24.3 Å². The fourth-order valence-corrected chi connectivity index (χ4v) is 1.23. The van der Waals surface area contributed by atoms with Crippen molar-refractivity contribution in [2.75, 3.05) is 18.9 Å². The van der Waals surface area contributed by atoms with Gasteiger partial charge in [0.2, 0.25) is 0 Å². The van der Waals surface area contributed by atoms with Gasteiger partial charge >= 0.3 is 0 Å². The molecule has 0 bridgehead atoms. The first-order valence-corrected chi connectivity index (χ1v) is 4.48. The van der Waals surface area contributed by atoms with E-state index in [9.17, 15) is 8.78 Å². The zero-order valence-corrected chi connectivity index (χ0v) is 8.06. The highest BCUT2D eigenvalue weighted by atomic mass is 19.3. The van der Waals surface area contributed by atoms with Crippen LogP contribution in [0.5, 0.6) is 0 Å². The van der Waals surface area contributed by atoms with Gasteiger partial charge in [-0.3, -0.25) is 0 Å². The highest BCUT2D eigenvalue weighted by Gasteiger charge is 2.02. The van der Waals surface area contributed by atoms with Gasteiger partial charge in [-0.15, -0.1) is 0 Å². The summed E-state index contributed by atoms with van der Waals surface area (Å²) in [4.78, 5) is 0. The number of nitrogens with one attached hydrogen (secondary N) is 2. The van der Waals surface area contributed by atoms with E-state index in [2.05, 4.69) is 10.6 Å². The van der Waals surface area contributed by atoms with Gasteiger partial charge in [0.05, 0.1) is 6.54 Å². The van der Waals surface area contributed by atoms with Crippen LogP contribution >= 0.6 is 0 Å². The predicted octanol–water partition coefficient (Wildman–Crippen LogP) is 2.08. The maximum atomic E-state index is 11.8. The molecule has 0 atom stereocenters. The van der Waals surface area contributed by atoms with Gasteiger partial charge in [-0.2, -0.15) is 0 Å². The number of anilines is 1. The Labute approximate surface area is 82.3 Å². The quantitative estimate of drug-likeness (QED) is 0.760. The second-order valence-corrected chi connectivity index (χ2v) is 2.93. The van der Waals surface area contributed by atoms with Crippen LogP contribution < -0.4 is 10.6 Å². The Bertz CT molecular complexity index is 277. The molecular weight excluding hydrogens is 186 g/mol. The largest absolute Gasteiger partial charge is 0.388 e. The molecule has 0 saturated carbocycles. The number of alkyl halides is 2. The molecule has 0 unspecified atom stereocenters. The molecule has 0 spiro atoms. The molecule has 1 rings (SSSR count). The van der Waals surface area contributed by atoms with Crippen LogP contribution in [-0.4, -0.2) is 20.0 Å². The van der Waals surface area contributed by atoms with E-state index in [1.807, 2.05) is 31.3 Å². The fourth-order valence-electron chi connectivity index (χ4n) is 1.23. The van der Waals surface area contributed by atoms with Gasteiger partial charge in [0.1, 0.15) is 0 Å². The Kier molecular flexibility index (Phi) is 4.32. The average Bonchev–Trinajstić information content (AvgIpc) is 2.18. The zero-order valence-electron chi connectivity index (χ0n) is 8.06. The van der Waals surface area contributed by atoms with E-state index in [0.717, 1.165) is 11.3 Å². The lowest BCUT2D eigenvalue weighted by atomic mass is 10.2. The third kappa shape index (κ3) is 3.30. The summed E-state index contributed by atoms with van der Waals surface area (Å²) in [7, 11) is 1.81. The van der Waals surface area contributed by atoms with Crippen LogP contribution in [0.3, 0.4) is 0 Å². The van der Waals surface area contributed by atoms with Crippen LogP contribution in [-0.2, 0) is 6.54 Å². The van der Waals surface area contributed by atoms with Crippen molar-refractivity contribution >= 4 is 5.69 Å². The first-order valence-electron chi connectivity index (χ1n) is 4.48. The van der Waals surface area contributed by atoms with Gasteiger partial charge in [-0.05, 0) is 11.6 Å². The summed E-state index contributed by atoms with van der Waals surface area (Å²) in [6.07, 6.45) is -2.29. The lowest BCUT2D eigenvalue weighted by molar-refractivity contribution is 0.145. The number of hydrogen-bond acceptors (Lipinski definition) is 2. The minimum atomic E-state index is -2.29. The number of para-hydroxylation sites is 1. The molecule has 0 aliphatic heterocycles. The maximum Gasteiger partial charge on any atom is 0.250 e. The van der Waals surface area contributed by atoms with Crippen molar-refractivity contribution in [1.82, 2.24) is 5.32 Å². The van der Waals surface area contributed by atoms with Crippen molar-refractivity contribution in [1.29, 1.82) is 0 Å². The topological polar surface area (TPSA) is 24.1 Å².